The Bertz CT molecular complexity index is 1000. The van der Waals surface area contributed by atoms with Crippen molar-refractivity contribution in [1.82, 2.24) is 4.98 Å². The van der Waals surface area contributed by atoms with E-state index < -0.39 is 5.66 Å². The first-order valence-corrected chi connectivity index (χ1v) is 9.07. The van der Waals surface area contributed by atoms with Crippen LogP contribution in [0.5, 0.6) is 5.75 Å². The highest BCUT2D eigenvalue weighted by Gasteiger charge is 2.49. The molecular formula is C22H22N4O. The number of aliphatic imine (C=N–C) groups is 2. The Morgan fingerprint density at radius 2 is 2.00 bits per heavy atom. The van der Waals surface area contributed by atoms with Gasteiger partial charge in [-0.05, 0) is 51.0 Å². The van der Waals surface area contributed by atoms with Crippen molar-refractivity contribution in [2.45, 2.75) is 32.4 Å². The average molecular weight is 358 g/mol. The van der Waals surface area contributed by atoms with Crippen LogP contribution in [-0.2, 0) is 5.66 Å². The quantitative estimate of drug-likeness (QED) is 0.850. The molecule has 2 aliphatic rings. The summed E-state index contributed by atoms with van der Waals surface area (Å²) >= 11 is 0. The Morgan fingerprint density at radius 1 is 1.19 bits per heavy atom. The topological polar surface area (TPSA) is 72.9 Å². The van der Waals surface area contributed by atoms with Gasteiger partial charge in [0, 0.05) is 28.8 Å². The van der Waals surface area contributed by atoms with Crippen molar-refractivity contribution in [3.8, 4) is 28.8 Å². The summed E-state index contributed by atoms with van der Waals surface area (Å²) in [7, 11) is 1.67. The maximum absolute atomic E-state index is 6.08. The van der Waals surface area contributed by atoms with Gasteiger partial charge in [-0.1, -0.05) is 12.0 Å². The molecule has 5 nitrogen and oxygen atoms in total. The van der Waals surface area contributed by atoms with Crippen LogP contribution in [-0.4, -0.2) is 23.6 Å². The number of ether oxygens (including phenoxy) is 1. The molecule has 2 aromatic rings. The highest BCUT2D eigenvalue weighted by molar-refractivity contribution is 6.41. The van der Waals surface area contributed by atoms with Gasteiger partial charge < -0.3 is 10.5 Å². The fourth-order valence-electron chi connectivity index (χ4n) is 3.57. The van der Waals surface area contributed by atoms with Crippen LogP contribution in [0.2, 0.25) is 0 Å². The normalized spacial score (nSPS) is 21.1. The molecular weight excluding hydrogens is 336 g/mol. The molecule has 1 saturated carbocycles. The molecule has 0 spiro atoms. The van der Waals surface area contributed by atoms with Crippen molar-refractivity contribution in [1.29, 1.82) is 0 Å². The summed E-state index contributed by atoms with van der Waals surface area (Å²) in [5.74, 6) is 7.68. The van der Waals surface area contributed by atoms with Crippen molar-refractivity contribution in [3.63, 3.8) is 0 Å². The minimum atomic E-state index is -0.615. The zero-order valence-corrected chi connectivity index (χ0v) is 15.8. The zero-order chi connectivity index (χ0) is 19.0. The van der Waals surface area contributed by atoms with Gasteiger partial charge in [-0.25, -0.2) is 4.99 Å². The molecule has 1 unspecified atom stereocenters. The Hall–Kier alpha value is -3.13. The monoisotopic (exact) mass is 358 g/mol. The lowest BCUT2D eigenvalue weighted by atomic mass is 9.92. The lowest BCUT2D eigenvalue weighted by molar-refractivity contribution is 0.407. The van der Waals surface area contributed by atoms with Crippen molar-refractivity contribution in [2.24, 2.45) is 21.6 Å². The van der Waals surface area contributed by atoms with E-state index in [1.807, 2.05) is 38.1 Å². The third kappa shape index (κ3) is 2.97. The lowest BCUT2D eigenvalue weighted by Gasteiger charge is -2.24. The predicted molar refractivity (Wildman–Crippen MR) is 108 cm³/mol. The highest BCUT2D eigenvalue weighted by atomic mass is 16.5. The van der Waals surface area contributed by atoms with Crippen molar-refractivity contribution >= 4 is 11.5 Å². The molecule has 0 bridgehead atoms. The summed E-state index contributed by atoms with van der Waals surface area (Å²) in [6, 6.07) is 9.96. The molecule has 0 amide bonds. The first-order valence-electron chi connectivity index (χ1n) is 9.07. The highest BCUT2D eigenvalue weighted by Crippen LogP contribution is 2.52. The van der Waals surface area contributed by atoms with Gasteiger partial charge in [0.05, 0.1) is 18.5 Å². The Kier molecular flexibility index (Phi) is 4.19. The second kappa shape index (κ2) is 6.55. The van der Waals surface area contributed by atoms with Crippen LogP contribution in [0.15, 0.2) is 46.5 Å². The van der Waals surface area contributed by atoms with Crippen LogP contribution in [0, 0.1) is 17.8 Å². The van der Waals surface area contributed by atoms with Crippen LogP contribution < -0.4 is 10.5 Å². The minimum absolute atomic E-state index is 0.389. The maximum Gasteiger partial charge on any atom is 0.181 e. The molecule has 27 heavy (non-hydrogen) atoms. The van der Waals surface area contributed by atoms with E-state index >= 15 is 0 Å². The number of hydrogen-bond acceptors (Lipinski definition) is 5. The number of rotatable bonds is 4. The summed E-state index contributed by atoms with van der Waals surface area (Å²) in [5, 5.41) is 0. The number of methoxy groups -OCH3 is 1. The molecule has 4 rings (SSSR count). The first-order chi connectivity index (χ1) is 13.1. The summed E-state index contributed by atoms with van der Waals surface area (Å²) in [6.45, 7) is 3.74. The largest absolute Gasteiger partial charge is 0.496 e. The molecule has 5 heteroatoms. The number of amidine groups is 1. The molecule has 1 aliphatic heterocycles. The standard InChI is InChI=1S/C22H22N4O/c1-4-5-15-10-11-24-19(12-15)18-13-17(8-9-20(18)27-3)22(16-6-7-16)25-14(2)21(23)26-22/h8-13,16H,6-7H2,1-3H3,(H2,23,26). The molecule has 1 aliphatic carbocycles. The SMILES string of the molecule is CC#Cc1ccnc(-c2cc(C3(C4CC4)N=C(C)C(N)=N3)ccc2OC)c1. The number of nitrogens with zero attached hydrogens (tertiary/aromatic N) is 3. The molecule has 0 radical (unpaired) electrons. The minimum Gasteiger partial charge on any atom is -0.496 e. The van der Waals surface area contributed by atoms with Crippen LogP contribution in [0.1, 0.15) is 37.8 Å². The molecule has 0 saturated heterocycles. The van der Waals surface area contributed by atoms with E-state index in [9.17, 15) is 0 Å². The Labute approximate surface area is 159 Å². The van der Waals surface area contributed by atoms with Crippen molar-refractivity contribution in [3.05, 3.63) is 47.7 Å². The van der Waals surface area contributed by atoms with Gasteiger partial charge in [0.2, 0.25) is 0 Å². The van der Waals surface area contributed by atoms with Crippen LogP contribution in [0.4, 0.5) is 0 Å². The third-order valence-corrected chi connectivity index (χ3v) is 5.08. The summed E-state index contributed by atoms with van der Waals surface area (Å²) < 4.78 is 5.60. The van der Waals surface area contributed by atoms with E-state index in [1.165, 1.54) is 0 Å². The molecule has 2 heterocycles. The lowest BCUT2D eigenvalue weighted by Crippen LogP contribution is -2.23. The summed E-state index contributed by atoms with van der Waals surface area (Å²) in [6.07, 6.45) is 3.98. The van der Waals surface area contributed by atoms with E-state index in [2.05, 4.69) is 22.9 Å². The van der Waals surface area contributed by atoms with Gasteiger partial charge in [-0.2, -0.15) is 0 Å². The number of aromatic nitrogens is 1. The second-order valence-electron chi connectivity index (χ2n) is 6.91. The van der Waals surface area contributed by atoms with Gasteiger partial charge in [0.15, 0.2) is 5.66 Å². The van der Waals surface area contributed by atoms with Gasteiger partial charge in [0.1, 0.15) is 11.6 Å². The first kappa shape index (κ1) is 17.3. The fraction of sp³-hybridized carbons (Fsp3) is 0.318. The van der Waals surface area contributed by atoms with Gasteiger partial charge in [0.25, 0.3) is 0 Å². The molecule has 1 aromatic carbocycles. The fourth-order valence-corrected chi connectivity index (χ4v) is 3.57. The van der Waals surface area contributed by atoms with Gasteiger partial charge >= 0.3 is 0 Å². The predicted octanol–water partition coefficient (Wildman–Crippen LogP) is 3.52. The van der Waals surface area contributed by atoms with E-state index in [4.69, 9.17) is 20.5 Å². The summed E-state index contributed by atoms with van der Waals surface area (Å²) in [5.41, 5.74) is 9.93. The molecule has 1 aromatic heterocycles. The van der Waals surface area contributed by atoms with E-state index in [-0.39, 0.29) is 0 Å². The summed E-state index contributed by atoms with van der Waals surface area (Å²) in [4.78, 5) is 14.2. The van der Waals surface area contributed by atoms with Crippen molar-refractivity contribution < 1.29 is 4.74 Å². The second-order valence-corrected chi connectivity index (χ2v) is 6.91. The third-order valence-electron chi connectivity index (χ3n) is 5.08. The zero-order valence-electron chi connectivity index (χ0n) is 15.8. The van der Waals surface area contributed by atoms with Crippen molar-refractivity contribution in [2.75, 3.05) is 7.11 Å². The number of nitrogens with two attached hydrogens (primary N) is 1. The van der Waals surface area contributed by atoms with Gasteiger partial charge in [-0.3, -0.25) is 9.98 Å². The van der Waals surface area contributed by atoms with Crippen LogP contribution in [0.3, 0.4) is 0 Å². The molecule has 136 valence electrons. The van der Waals surface area contributed by atoms with Crippen LogP contribution >= 0.6 is 0 Å². The number of benzene rings is 1. The van der Waals surface area contributed by atoms with E-state index in [1.54, 1.807) is 13.3 Å². The smallest absolute Gasteiger partial charge is 0.181 e. The average Bonchev–Trinajstić information content (AvgIpc) is 3.48. The van der Waals surface area contributed by atoms with Crippen LogP contribution in [0.25, 0.3) is 11.3 Å². The number of hydrogen-bond donors (Lipinski definition) is 1. The Balaban J connectivity index is 1.87. The molecule has 1 atom stereocenters. The molecule has 1 fully saturated rings. The molecule has 2 N–H and O–H groups in total. The maximum atomic E-state index is 6.08. The Morgan fingerprint density at radius 3 is 2.63 bits per heavy atom. The van der Waals surface area contributed by atoms with E-state index in [0.717, 1.165) is 46.7 Å². The number of pyridine rings is 1. The van der Waals surface area contributed by atoms with Gasteiger partial charge in [-0.15, -0.1) is 5.92 Å². The van der Waals surface area contributed by atoms with E-state index in [0.29, 0.717) is 11.8 Å².